The van der Waals surface area contributed by atoms with E-state index >= 15 is 0 Å². The molecule has 1 aromatic rings. The molecule has 0 atom stereocenters. The molecule has 0 heterocycles. The molecule has 0 unspecified atom stereocenters. The molecular weight excluding hydrogens is 292 g/mol. The van der Waals surface area contributed by atoms with E-state index in [-0.39, 0.29) is 22.5 Å². The number of amides is 1. The maximum atomic E-state index is 12.2. The fraction of sp³-hybridized carbons (Fsp3) is 0.500. The predicted octanol–water partition coefficient (Wildman–Crippen LogP) is 1.78. The first-order chi connectivity index (χ1) is 9.82. The zero-order valence-electron chi connectivity index (χ0n) is 12.2. The van der Waals surface area contributed by atoms with Crippen molar-refractivity contribution in [3.8, 4) is 5.75 Å². The number of nitrogens with two attached hydrogens (primary N) is 1. The lowest BCUT2D eigenvalue weighted by atomic mass is 10.1. The number of hydrogen-bond donors (Lipinski definition) is 2. The zero-order chi connectivity index (χ0) is 15.6. The molecule has 1 aliphatic rings. The molecule has 7 heteroatoms. The lowest BCUT2D eigenvalue weighted by Gasteiger charge is -2.16. The van der Waals surface area contributed by atoms with Gasteiger partial charge in [-0.1, -0.05) is 12.8 Å². The van der Waals surface area contributed by atoms with Gasteiger partial charge in [0.1, 0.15) is 4.90 Å². The average Bonchev–Trinajstić information content (AvgIpc) is 2.91. The number of hydrogen-bond acceptors (Lipinski definition) is 4. The van der Waals surface area contributed by atoms with Gasteiger partial charge in [0.15, 0.2) is 5.75 Å². The van der Waals surface area contributed by atoms with Gasteiger partial charge in [-0.05, 0) is 37.5 Å². The fourth-order valence-corrected chi connectivity index (χ4v) is 3.48. The van der Waals surface area contributed by atoms with Gasteiger partial charge in [-0.25, -0.2) is 13.6 Å². The third kappa shape index (κ3) is 3.54. The minimum absolute atomic E-state index is 0.0202. The Balaban J connectivity index is 2.38. The van der Waals surface area contributed by atoms with Gasteiger partial charge in [-0.2, -0.15) is 0 Å². The number of aryl methyl sites for hydroxylation is 1. The van der Waals surface area contributed by atoms with Crippen LogP contribution in [0.2, 0.25) is 0 Å². The van der Waals surface area contributed by atoms with Crippen LogP contribution in [0.3, 0.4) is 0 Å². The van der Waals surface area contributed by atoms with Crippen molar-refractivity contribution in [3.63, 3.8) is 0 Å². The van der Waals surface area contributed by atoms with Gasteiger partial charge < -0.3 is 10.1 Å². The molecule has 1 aliphatic carbocycles. The number of benzene rings is 1. The van der Waals surface area contributed by atoms with Crippen molar-refractivity contribution in [2.45, 2.75) is 37.5 Å². The average molecular weight is 312 g/mol. The van der Waals surface area contributed by atoms with E-state index in [4.69, 9.17) is 9.88 Å². The second-order valence-corrected chi connectivity index (χ2v) is 6.89. The van der Waals surface area contributed by atoms with E-state index in [1.54, 1.807) is 13.0 Å². The highest BCUT2D eigenvalue weighted by Gasteiger charge is 2.25. The van der Waals surface area contributed by atoms with Crippen molar-refractivity contribution >= 4 is 21.6 Å². The van der Waals surface area contributed by atoms with Gasteiger partial charge >= 0.3 is 0 Å². The number of carbonyl (C=O) groups excluding carboxylic acids is 1. The topological polar surface area (TPSA) is 98.5 Å². The number of ether oxygens (including phenoxy) is 1. The van der Waals surface area contributed by atoms with Crippen LogP contribution in [0, 0.1) is 12.8 Å². The van der Waals surface area contributed by atoms with Gasteiger partial charge in [-0.3, -0.25) is 4.79 Å². The molecule has 1 saturated carbocycles. The molecule has 0 saturated heterocycles. The van der Waals surface area contributed by atoms with E-state index in [9.17, 15) is 13.2 Å². The third-order valence-corrected chi connectivity index (χ3v) is 4.61. The van der Waals surface area contributed by atoms with Crippen molar-refractivity contribution in [1.29, 1.82) is 0 Å². The molecule has 3 N–H and O–H groups in total. The van der Waals surface area contributed by atoms with Gasteiger partial charge in [0.2, 0.25) is 15.9 Å². The number of primary sulfonamides is 1. The van der Waals surface area contributed by atoms with Gasteiger partial charge in [0.05, 0.1) is 12.8 Å². The molecule has 2 rings (SSSR count). The first-order valence-electron chi connectivity index (χ1n) is 6.85. The molecule has 0 aliphatic heterocycles. The smallest absolute Gasteiger partial charge is 0.241 e. The SMILES string of the molecule is COc1c(NC(=O)C2CCCC2)cc(C)cc1S(N)(=O)=O. The minimum atomic E-state index is -3.92. The van der Waals surface area contributed by atoms with Crippen LogP contribution in [0.15, 0.2) is 17.0 Å². The second kappa shape index (κ2) is 6.03. The van der Waals surface area contributed by atoms with Crippen LogP contribution in [0.5, 0.6) is 5.75 Å². The van der Waals surface area contributed by atoms with Crippen LogP contribution in [0.25, 0.3) is 0 Å². The standard InChI is InChI=1S/C14H20N2O4S/c1-9-7-11(16-14(17)10-5-3-4-6-10)13(20-2)12(8-9)21(15,18)19/h7-8,10H,3-6H2,1-2H3,(H,16,17)(H2,15,18,19). The molecule has 0 radical (unpaired) electrons. The summed E-state index contributed by atoms with van der Waals surface area (Å²) in [5.41, 5.74) is 1.03. The summed E-state index contributed by atoms with van der Waals surface area (Å²) < 4.78 is 28.4. The summed E-state index contributed by atoms with van der Waals surface area (Å²) in [5, 5.41) is 7.98. The maximum absolute atomic E-state index is 12.2. The Bertz CT molecular complexity index is 649. The number of carbonyl (C=O) groups is 1. The Labute approximate surface area is 124 Å². The maximum Gasteiger partial charge on any atom is 0.241 e. The minimum Gasteiger partial charge on any atom is -0.493 e. The van der Waals surface area contributed by atoms with Crippen molar-refractivity contribution in [1.82, 2.24) is 0 Å². The van der Waals surface area contributed by atoms with Crippen LogP contribution < -0.4 is 15.2 Å². The molecular formula is C14H20N2O4S. The molecule has 116 valence electrons. The molecule has 6 nitrogen and oxygen atoms in total. The molecule has 21 heavy (non-hydrogen) atoms. The highest BCUT2D eigenvalue weighted by molar-refractivity contribution is 7.89. The van der Waals surface area contributed by atoms with Crippen molar-refractivity contribution in [3.05, 3.63) is 17.7 Å². The fourth-order valence-electron chi connectivity index (χ4n) is 2.68. The van der Waals surface area contributed by atoms with Gasteiger partial charge in [-0.15, -0.1) is 0 Å². The van der Waals surface area contributed by atoms with Crippen LogP contribution in [-0.4, -0.2) is 21.4 Å². The molecule has 0 bridgehead atoms. The van der Waals surface area contributed by atoms with E-state index in [1.807, 2.05) is 0 Å². The van der Waals surface area contributed by atoms with Gasteiger partial charge in [0.25, 0.3) is 0 Å². The summed E-state index contributed by atoms with van der Waals surface area (Å²) in [5.74, 6) is -0.0423. The van der Waals surface area contributed by atoms with Crippen LogP contribution >= 0.6 is 0 Å². The summed E-state index contributed by atoms with van der Waals surface area (Å²) in [6, 6.07) is 3.11. The summed E-state index contributed by atoms with van der Waals surface area (Å²) >= 11 is 0. The Hall–Kier alpha value is -1.60. The third-order valence-electron chi connectivity index (χ3n) is 3.69. The van der Waals surface area contributed by atoms with Crippen molar-refractivity contribution in [2.24, 2.45) is 11.1 Å². The number of anilines is 1. The van der Waals surface area contributed by atoms with Crippen LogP contribution in [0.1, 0.15) is 31.2 Å². The number of nitrogens with one attached hydrogen (secondary N) is 1. The predicted molar refractivity (Wildman–Crippen MR) is 79.7 cm³/mol. The van der Waals surface area contributed by atoms with Crippen LogP contribution in [-0.2, 0) is 14.8 Å². The van der Waals surface area contributed by atoms with E-state index < -0.39 is 10.0 Å². The molecule has 1 amide bonds. The molecule has 1 aromatic carbocycles. The highest BCUT2D eigenvalue weighted by atomic mass is 32.2. The second-order valence-electron chi connectivity index (χ2n) is 5.36. The summed E-state index contributed by atoms with van der Waals surface area (Å²) in [7, 11) is -2.57. The quantitative estimate of drug-likeness (QED) is 0.885. The van der Waals surface area contributed by atoms with E-state index in [2.05, 4.69) is 5.32 Å². The summed E-state index contributed by atoms with van der Waals surface area (Å²) in [4.78, 5) is 12.1. The number of sulfonamides is 1. The molecule has 1 fully saturated rings. The first-order valence-corrected chi connectivity index (χ1v) is 8.40. The Kier molecular flexibility index (Phi) is 4.53. The summed E-state index contributed by atoms with van der Waals surface area (Å²) in [6.45, 7) is 1.74. The van der Waals surface area contributed by atoms with Crippen molar-refractivity contribution in [2.75, 3.05) is 12.4 Å². The normalized spacial score (nSPS) is 16.0. The lowest BCUT2D eigenvalue weighted by Crippen LogP contribution is -2.22. The monoisotopic (exact) mass is 312 g/mol. The number of rotatable bonds is 4. The Morgan fingerprint density at radius 1 is 1.33 bits per heavy atom. The first kappa shape index (κ1) is 15.8. The van der Waals surface area contributed by atoms with Gasteiger partial charge in [0, 0.05) is 5.92 Å². The highest BCUT2D eigenvalue weighted by Crippen LogP contribution is 2.34. The molecule has 0 aromatic heterocycles. The zero-order valence-corrected chi connectivity index (χ0v) is 13.0. The van der Waals surface area contributed by atoms with E-state index in [1.165, 1.54) is 13.2 Å². The van der Waals surface area contributed by atoms with E-state index in [0.717, 1.165) is 25.7 Å². The summed E-state index contributed by atoms with van der Waals surface area (Å²) in [6.07, 6.45) is 3.82. The Morgan fingerprint density at radius 2 is 1.95 bits per heavy atom. The largest absolute Gasteiger partial charge is 0.493 e. The Morgan fingerprint density at radius 3 is 2.48 bits per heavy atom. The number of methoxy groups -OCH3 is 1. The van der Waals surface area contributed by atoms with Crippen LogP contribution in [0.4, 0.5) is 5.69 Å². The molecule has 0 spiro atoms. The van der Waals surface area contributed by atoms with Crippen molar-refractivity contribution < 1.29 is 17.9 Å². The van der Waals surface area contributed by atoms with E-state index in [0.29, 0.717) is 11.3 Å². The lowest BCUT2D eigenvalue weighted by molar-refractivity contribution is -0.119.